The summed E-state index contributed by atoms with van der Waals surface area (Å²) in [6, 6.07) is 5.22. The Balaban J connectivity index is 2.52. The zero-order chi connectivity index (χ0) is 11.5. The van der Waals surface area contributed by atoms with Crippen LogP contribution in [0.5, 0.6) is 0 Å². The first kappa shape index (κ1) is 10.4. The van der Waals surface area contributed by atoms with Crippen molar-refractivity contribution in [1.29, 1.82) is 0 Å². The maximum atomic E-state index is 10.8. The molecule has 2 rings (SSSR count). The number of nitrogens with zero attached hydrogens (tertiary/aromatic N) is 2. The van der Waals surface area contributed by atoms with Gasteiger partial charge in [-0.3, -0.25) is 9.78 Å². The molecule has 16 heavy (non-hydrogen) atoms. The maximum absolute atomic E-state index is 10.8. The van der Waals surface area contributed by atoms with Crippen LogP contribution in [0.4, 0.5) is 0 Å². The lowest BCUT2D eigenvalue weighted by Crippen LogP contribution is -2.00. The van der Waals surface area contributed by atoms with Gasteiger partial charge >= 0.3 is 5.97 Å². The number of aldehydes is 1. The fraction of sp³-hybridized carbons (Fsp3) is 0. The van der Waals surface area contributed by atoms with E-state index in [4.69, 9.17) is 5.11 Å². The molecule has 2 heterocycles. The number of carbonyl (C=O) groups excluding carboxylic acids is 1. The molecule has 0 unspecified atom stereocenters. The summed E-state index contributed by atoms with van der Waals surface area (Å²) in [6.45, 7) is 0. The summed E-state index contributed by atoms with van der Waals surface area (Å²) in [5.74, 6) is -1.21. The highest BCUT2D eigenvalue weighted by molar-refractivity contribution is 7.16. The summed E-state index contributed by atoms with van der Waals surface area (Å²) < 4.78 is 0. The molecule has 0 radical (unpaired) electrons. The number of carboxylic acids is 1. The molecule has 0 aromatic carbocycles. The van der Waals surface area contributed by atoms with Gasteiger partial charge in [0, 0.05) is 6.20 Å². The number of thiazole rings is 1. The second-order valence-electron chi connectivity index (χ2n) is 2.87. The zero-order valence-electron chi connectivity index (χ0n) is 7.95. The molecule has 0 fully saturated rings. The Morgan fingerprint density at radius 2 is 2.25 bits per heavy atom. The minimum Gasteiger partial charge on any atom is -0.476 e. The van der Waals surface area contributed by atoms with Crippen LogP contribution in [0.1, 0.15) is 20.2 Å². The maximum Gasteiger partial charge on any atom is 0.356 e. The third kappa shape index (κ3) is 1.82. The van der Waals surface area contributed by atoms with Crippen LogP contribution in [-0.2, 0) is 0 Å². The van der Waals surface area contributed by atoms with Crippen molar-refractivity contribution in [2.45, 2.75) is 0 Å². The van der Waals surface area contributed by atoms with Crippen molar-refractivity contribution in [3.05, 3.63) is 35.0 Å². The highest BCUT2D eigenvalue weighted by Gasteiger charge is 2.17. The van der Waals surface area contributed by atoms with Crippen LogP contribution in [0.3, 0.4) is 0 Å². The van der Waals surface area contributed by atoms with Crippen LogP contribution in [0.2, 0.25) is 0 Å². The highest BCUT2D eigenvalue weighted by Crippen LogP contribution is 2.25. The fourth-order valence-electron chi connectivity index (χ4n) is 1.16. The van der Waals surface area contributed by atoms with Gasteiger partial charge < -0.3 is 5.11 Å². The van der Waals surface area contributed by atoms with Crippen molar-refractivity contribution in [2.24, 2.45) is 0 Å². The molecule has 0 aliphatic rings. The SMILES string of the molecule is O=Cc1sc(-c2ccccn2)nc1C(=O)O. The average molecular weight is 234 g/mol. The molecule has 0 spiro atoms. The van der Waals surface area contributed by atoms with Crippen molar-refractivity contribution in [3.63, 3.8) is 0 Å². The van der Waals surface area contributed by atoms with Gasteiger partial charge in [-0.25, -0.2) is 9.78 Å². The summed E-state index contributed by atoms with van der Waals surface area (Å²) in [5, 5.41) is 9.25. The first-order chi connectivity index (χ1) is 7.72. The Kier molecular flexibility index (Phi) is 2.74. The van der Waals surface area contributed by atoms with Gasteiger partial charge in [-0.05, 0) is 12.1 Å². The third-order valence-electron chi connectivity index (χ3n) is 1.85. The Morgan fingerprint density at radius 1 is 1.44 bits per heavy atom. The van der Waals surface area contributed by atoms with Gasteiger partial charge in [-0.15, -0.1) is 11.3 Å². The van der Waals surface area contributed by atoms with E-state index >= 15 is 0 Å². The van der Waals surface area contributed by atoms with Gasteiger partial charge in [0.05, 0.1) is 5.69 Å². The molecule has 0 saturated heterocycles. The minimum atomic E-state index is -1.21. The van der Waals surface area contributed by atoms with Crippen LogP contribution < -0.4 is 0 Å². The van der Waals surface area contributed by atoms with Gasteiger partial charge in [0.25, 0.3) is 0 Å². The summed E-state index contributed by atoms with van der Waals surface area (Å²) in [5.41, 5.74) is 0.337. The second kappa shape index (κ2) is 4.19. The topological polar surface area (TPSA) is 80.2 Å². The van der Waals surface area contributed by atoms with Gasteiger partial charge in [-0.1, -0.05) is 6.07 Å². The summed E-state index contributed by atoms with van der Waals surface area (Å²) in [4.78, 5) is 29.5. The first-order valence-electron chi connectivity index (χ1n) is 4.33. The van der Waals surface area contributed by atoms with E-state index in [1.807, 2.05) is 0 Å². The van der Waals surface area contributed by atoms with Gasteiger partial charge in [0.2, 0.25) is 0 Å². The predicted octanol–water partition coefficient (Wildman–Crippen LogP) is 1.72. The number of pyridine rings is 1. The Labute approximate surface area is 94.4 Å². The largest absolute Gasteiger partial charge is 0.476 e. The van der Waals surface area contributed by atoms with Crippen LogP contribution in [0, 0.1) is 0 Å². The standard InChI is InChI=1S/C10H6N2O3S/c13-5-7-8(10(14)15)12-9(16-7)6-3-1-2-4-11-6/h1-5H,(H,14,15). The quantitative estimate of drug-likeness (QED) is 0.818. The Hall–Kier alpha value is -2.08. The molecular formula is C10H6N2O3S. The Morgan fingerprint density at radius 3 is 2.75 bits per heavy atom. The molecule has 0 bridgehead atoms. The van der Waals surface area contributed by atoms with Crippen molar-refractivity contribution in [2.75, 3.05) is 0 Å². The smallest absolute Gasteiger partial charge is 0.356 e. The van der Waals surface area contributed by atoms with E-state index in [2.05, 4.69) is 9.97 Å². The zero-order valence-corrected chi connectivity index (χ0v) is 8.77. The molecule has 1 N–H and O–H groups in total. The van der Waals surface area contributed by atoms with Gasteiger partial charge in [-0.2, -0.15) is 0 Å². The van der Waals surface area contributed by atoms with E-state index in [-0.39, 0.29) is 10.6 Å². The number of aromatic nitrogens is 2. The van der Waals surface area contributed by atoms with E-state index < -0.39 is 5.97 Å². The lowest BCUT2D eigenvalue weighted by atomic mass is 10.3. The second-order valence-corrected chi connectivity index (χ2v) is 3.90. The number of carboxylic acid groups (broad SMARTS) is 1. The Bertz CT molecular complexity index is 536. The molecule has 0 atom stereocenters. The van der Waals surface area contributed by atoms with Crippen molar-refractivity contribution in [1.82, 2.24) is 9.97 Å². The van der Waals surface area contributed by atoms with E-state index in [9.17, 15) is 9.59 Å². The lowest BCUT2D eigenvalue weighted by Gasteiger charge is -1.91. The molecule has 0 saturated carbocycles. The molecule has 5 nitrogen and oxygen atoms in total. The molecule has 0 aliphatic heterocycles. The first-order valence-corrected chi connectivity index (χ1v) is 5.14. The number of hydrogen-bond acceptors (Lipinski definition) is 5. The average Bonchev–Trinajstić information content (AvgIpc) is 2.74. The molecule has 0 amide bonds. The highest BCUT2D eigenvalue weighted by atomic mass is 32.1. The van der Waals surface area contributed by atoms with Crippen LogP contribution in [0.15, 0.2) is 24.4 Å². The number of aromatic carboxylic acids is 1. The van der Waals surface area contributed by atoms with Crippen LogP contribution in [0.25, 0.3) is 10.7 Å². The third-order valence-corrected chi connectivity index (χ3v) is 2.85. The number of rotatable bonds is 3. The number of hydrogen-bond donors (Lipinski definition) is 1. The molecule has 2 aromatic rings. The lowest BCUT2D eigenvalue weighted by molar-refractivity contribution is 0.0688. The molecule has 80 valence electrons. The molecular weight excluding hydrogens is 228 g/mol. The van der Waals surface area contributed by atoms with E-state index in [1.165, 1.54) is 0 Å². The van der Waals surface area contributed by atoms with E-state index in [0.717, 1.165) is 11.3 Å². The van der Waals surface area contributed by atoms with Crippen molar-refractivity contribution in [3.8, 4) is 10.7 Å². The van der Waals surface area contributed by atoms with Crippen LogP contribution >= 0.6 is 11.3 Å². The van der Waals surface area contributed by atoms with Gasteiger partial charge in [0.1, 0.15) is 9.88 Å². The summed E-state index contributed by atoms with van der Waals surface area (Å²) >= 11 is 1.02. The summed E-state index contributed by atoms with van der Waals surface area (Å²) in [7, 11) is 0. The van der Waals surface area contributed by atoms with Crippen LogP contribution in [-0.4, -0.2) is 27.3 Å². The van der Waals surface area contributed by atoms with Crippen molar-refractivity contribution >= 4 is 23.6 Å². The molecule has 0 aliphatic carbocycles. The predicted molar refractivity (Wildman–Crippen MR) is 57.7 cm³/mol. The summed E-state index contributed by atoms with van der Waals surface area (Å²) in [6.07, 6.45) is 2.07. The molecule has 2 aromatic heterocycles. The van der Waals surface area contributed by atoms with Crippen molar-refractivity contribution < 1.29 is 14.7 Å². The molecule has 6 heteroatoms. The monoisotopic (exact) mass is 234 g/mol. The van der Waals surface area contributed by atoms with Gasteiger partial charge in [0.15, 0.2) is 12.0 Å². The minimum absolute atomic E-state index is 0.105. The normalized spacial score (nSPS) is 10.0. The van der Waals surface area contributed by atoms with E-state index in [1.54, 1.807) is 24.4 Å². The fourth-order valence-corrected chi connectivity index (χ4v) is 2.01. The number of carbonyl (C=O) groups is 2. The van der Waals surface area contributed by atoms with E-state index in [0.29, 0.717) is 17.0 Å².